The van der Waals surface area contributed by atoms with E-state index in [1.165, 1.54) is 327 Å². The minimum Gasteiger partial charge on any atom is -0.462 e. The van der Waals surface area contributed by atoms with Crippen LogP contribution in [0.15, 0.2) is 0 Å². The van der Waals surface area contributed by atoms with Crippen LogP contribution in [0.4, 0.5) is 0 Å². The maximum absolute atomic E-state index is 13.2. The second-order valence-corrected chi connectivity index (χ2v) is 38.3. The summed E-state index contributed by atoms with van der Waals surface area (Å²) in [6.07, 6.45) is 80.7. The molecule has 17 nitrogen and oxygen atoms in total. The molecule has 19 heteroatoms. The molecule has 0 heterocycles. The molecule has 0 aliphatic carbocycles. The number of carbonyl (C=O) groups is 4. The number of aliphatic hydroxyl groups excluding tert-OH is 1. The number of hydrogen-bond acceptors (Lipinski definition) is 15. The molecule has 0 spiro atoms. The standard InChI is InChI=1S/C96H188O17P2/c1-8-11-12-13-14-15-16-17-18-19-20-21-29-34-39-44-49-58-65-73-80-96(101)113-92(84-107-94(99)78-71-64-57-52-51-53-60-67-74-87(4)5)86-111-115(104,105)109-82-90(97)81-108-114(102,103)110-85-91(112-95(100)79-72-66-59-50-45-40-35-30-25-23-27-32-37-42-47-55-62-69-76-89(7)10-3)83-106-93(98)77-70-63-56-48-43-38-33-28-24-22-26-31-36-41-46-54-61-68-75-88(6)9-2/h87-92,97H,8-86H2,1-7H3,(H,102,103)(H,104,105)/t88?,89?,90-,91-,92-/m1/s1. The van der Waals surface area contributed by atoms with Gasteiger partial charge >= 0.3 is 39.5 Å². The number of phosphoric acid groups is 2. The summed E-state index contributed by atoms with van der Waals surface area (Å²) in [4.78, 5) is 73.6. The highest BCUT2D eigenvalue weighted by Gasteiger charge is 2.31. The molecule has 0 aliphatic heterocycles. The average molecular weight is 1680 g/mol. The van der Waals surface area contributed by atoms with Crippen LogP contribution in [-0.2, 0) is 65.4 Å². The lowest BCUT2D eigenvalue weighted by molar-refractivity contribution is -0.161. The Morgan fingerprint density at radius 2 is 0.443 bits per heavy atom. The van der Waals surface area contributed by atoms with Crippen LogP contribution in [0.1, 0.15) is 517 Å². The monoisotopic (exact) mass is 1680 g/mol. The Bertz CT molecular complexity index is 2200. The van der Waals surface area contributed by atoms with Crippen LogP contribution in [0.5, 0.6) is 0 Å². The second kappa shape index (κ2) is 85.6. The van der Waals surface area contributed by atoms with Crippen LogP contribution in [0.25, 0.3) is 0 Å². The summed E-state index contributed by atoms with van der Waals surface area (Å²) in [5, 5.41) is 10.7. The average Bonchev–Trinajstić information content (AvgIpc) is 0.899. The maximum Gasteiger partial charge on any atom is 0.472 e. The van der Waals surface area contributed by atoms with Crippen LogP contribution in [0.3, 0.4) is 0 Å². The smallest absolute Gasteiger partial charge is 0.462 e. The molecular weight excluding hydrogens is 1490 g/mol. The van der Waals surface area contributed by atoms with E-state index in [9.17, 15) is 43.2 Å². The molecule has 0 rings (SSSR count). The van der Waals surface area contributed by atoms with Gasteiger partial charge in [0.15, 0.2) is 12.2 Å². The third-order valence-electron chi connectivity index (χ3n) is 23.4. The number of rotatable bonds is 94. The molecule has 0 bridgehead atoms. The summed E-state index contributed by atoms with van der Waals surface area (Å²) in [6.45, 7) is 12.1. The zero-order chi connectivity index (χ0) is 84.3. The molecule has 115 heavy (non-hydrogen) atoms. The normalized spacial score (nSPS) is 14.2. The van der Waals surface area contributed by atoms with E-state index in [0.717, 1.165) is 108 Å². The highest BCUT2D eigenvalue weighted by atomic mass is 31.2. The predicted octanol–water partition coefficient (Wildman–Crippen LogP) is 30.0. The quantitative estimate of drug-likeness (QED) is 0.0222. The Kier molecular flexibility index (Phi) is 84.2. The molecule has 7 atom stereocenters. The topological polar surface area (TPSA) is 237 Å². The van der Waals surface area contributed by atoms with Crippen LogP contribution < -0.4 is 0 Å². The van der Waals surface area contributed by atoms with E-state index in [-0.39, 0.29) is 25.7 Å². The van der Waals surface area contributed by atoms with Gasteiger partial charge in [0, 0.05) is 25.7 Å². The lowest BCUT2D eigenvalue weighted by Crippen LogP contribution is -2.30. The van der Waals surface area contributed by atoms with Crippen molar-refractivity contribution in [3.05, 3.63) is 0 Å². The summed E-state index contributed by atoms with van der Waals surface area (Å²) in [7, 11) is -9.94. The largest absolute Gasteiger partial charge is 0.472 e. The number of unbranched alkanes of at least 4 members (excludes halogenated alkanes) is 60. The molecule has 4 unspecified atom stereocenters. The number of ether oxygens (including phenoxy) is 4. The molecule has 0 fully saturated rings. The molecule has 0 amide bonds. The van der Waals surface area contributed by atoms with Crippen molar-refractivity contribution in [2.24, 2.45) is 17.8 Å². The highest BCUT2D eigenvalue weighted by molar-refractivity contribution is 7.47. The van der Waals surface area contributed by atoms with Gasteiger partial charge in [-0.25, -0.2) is 9.13 Å². The first-order chi connectivity index (χ1) is 55.8. The van der Waals surface area contributed by atoms with Gasteiger partial charge < -0.3 is 33.8 Å². The number of aliphatic hydroxyl groups is 1. The summed E-state index contributed by atoms with van der Waals surface area (Å²) < 4.78 is 69.2. The summed E-state index contributed by atoms with van der Waals surface area (Å²) in [6, 6.07) is 0. The van der Waals surface area contributed by atoms with Gasteiger partial charge in [-0.2, -0.15) is 0 Å². The first-order valence-electron chi connectivity index (χ1n) is 49.4. The summed E-state index contributed by atoms with van der Waals surface area (Å²) in [5.74, 6) is 0.377. The SMILES string of the molecule is CCCCCCCCCCCCCCCCCCCCCCC(=O)O[C@H](COC(=O)CCCCCCCCCCC(C)C)COP(=O)(O)OC[C@H](O)COP(=O)(O)OC[C@@H](COC(=O)CCCCCCCCCCCCCCCCCCCCC(C)CC)OC(=O)CCCCCCCCCCCCCCCCCCCCC(C)CC. The Morgan fingerprint density at radius 1 is 0.252 bits per heavy atom. The molecule has 0 radical (unpaired) electrons. The first-order valence-corrected chi connectivity index (χ1v) is 52.4. The minimum absolute atomic E-state index is 0.108. The van der Waals surface area contributed by atoms with E-state index in [1.54, 1.807) is 0 Å². The molecular formula is C96H188O17P2. The van der Waals surface area contributed by atoms with E-state index in [1.807, 2.05) is 0 Å². The molecule has 0 saturated heterocycles. The highest BCUT2D eigenvalue weighted by Crippen LogP contribution is 2.45. The second-order valence-electron chi connectivity index (χ2n) is 35.4. The van der Waals surface area contributed by atoms with Crippen molar-refractivity contribution in [3.63, 3.8) is 0 Å². The van der Waals surface area contributed by atoms with E-state index < -0.39 is 97.5 Å². The van der Waals surface area contributed by atoms with Crippen LogP contribution in [0, 0.1) is 17.8 Å². The number of hydrogen-bond donors (Lipinski definition) is 3. The van der Waals surface area contributed by atoms with Crippen molar-refractivity contribution < 1.29 is 80.2 Å². The van der Waals surface area contributed by atoms with Gasteiger partial charge in [0.2, 0.25) is 0 Å². The van der Waals surface area contributed by atoms with Crippen LogP contribution in [0.2, 0.25) is 0 Å². The van der Waals surface area contributed by atoms with Crippen LogP contribution in [-0.4, -0.2) is 96.7 Å². The van der Waals surface area contributed by atoms with Crippen molar-refractivity contribution in [2.75, 3.05) is 39.6 Å². The molecule has 0 aromatic heterocycles. The Morgan fingerprint density at radius 3 is 0.661 bits per heavy atom. The molecule has 684 valence electrons. The minimum atomic E-state index is -4.97. The van der Waals surface area contributed by atoms with Gasteiger partial charge in [0.1, 0.15) is 19.3 Å². The number of esters is 4. The summed E-state index contributed by atoms with van der Waals surface area (Å²) >= 11 is 0. The molecule has 3 N–H and O–H groups in total. The van der Waals surface area contributed by atoms with Gasteiger partial charge in [0.25, 0.3) is 0 Å². The van der Waals surface area contributed by atoms with Gasteiger partial charge in [-0.3, -0.25) is 37.3 Å². The lowest BCUT2D eigenvalue weighted by Gasteiger charge is -2.21. The first kappa shape index (κ1) is 113. The number of carbonyl (C=O) groups excluding carboxylic acids is 4. The van der Waals surface area contributed by atoms with Gasteiger partial charge in [-0.1, -0.05) is 466 Å². The molecule has 0 aromatic rings. The Labute approximate surface area is 708 Å². The lowest BCUT2D eigenvalue weighted by atomic mass is 9.99. The third-order valence-corrected chi connectivity index (χ3v) is 25.3. The molecule has 0 saturated carbocycles. The zero-order valence-electron chi connectivity index (χ0n) is 76.3. The van der Waals surface area contributed by atoms with Gasteiger partial charge in [-0.15, -0.1) is 0 Å². The van der Waals surface area contributed by atoms with E-state index in [0.29, 0.717) is 25.7 Å². The Balaban J connectivity index is 5.23. The third kappa shape index (κ3) is 86.8. The van der Waals surface area contributed by atoms with Crippen molar-refractivity contribution in [1.82, 2.24) is 0 Å². The van der Waals surface area contributed by atoms with E-state index in [2.05, 4.69) is 48.5 Å². The maximum atomic E-state index is 13.2. The predicted molar refractivity (Wildman–Crippen MR) is 478 cm³/mol. The van der Waals surface area contributed by atoms with E-state index in [4.69, 9.17) is 37.0 Å². The summed E-state index contributed by atoms with van der Waals surface area (Å²) in [5.41, 5.74) is 0. The van der Waals surface area contributed by atoms with Crippen molar-refractivity contribution >= 4 is 39.5 Å². The van der Waals surface area contributed by atoms with Gasteiger partial charge in [-0.05, 0) is 43.4 Å². The van der Waals surface area contributed by atoms with Crippen LogP contribution >= 0.6 is 15.6 Å². The van der Waals surface area contributed by atoms with Gasteiger partial charge in [0.05, 0.1) is 26.4 Å². The number of phosphoric ester groups is 2. The fourth-order valence-electron chi connectivity index (χ4n) is 15.1. The van der Waals surface area contributed by atoms with Crippen molar-refractivity contribution in [2.45, 2.75) is 535 Å². The fourth-order valence-corrected chi connectivity index (χ4v) is 16.7. The molecule has 0 aliphatic rings. The van der Waals surface area contributed by atoms with Crippen molar-refractivity contribution in [3.8, 4) is 0 Å². The fraction of sp³-hybridized carbons (Fsp3) is 0.958. The van der Waals surface area contributed by atoms with Crippen molar-refractivity contribution in [1.29, 1.82) is 0 Å². The zero-order valence-corrected chi connectivity index (χ0v) is 78.1. The molecule has 0 aromatic carbocycles. The van der Waals surface area contributed by atoms with E-state index >= 15 is 0 Å². The Hall–Kier alpha value is -1.94.